The average molecular weight is 183 g/mol. The molecule has 0 bridgehead atoms. The van der Waals surface area contributed by atoms with E-state index in [2.05, 4.69) is 15.6 Å². The summed E-state index contributed by atoms with van der Waals surface area (Å²) in [7, 11) is 0. The molecule has 1 unspecified atom stereocenters. The minimum Gasteiger partial charge on any atom is -0.400 e. The molecule has 0 amide bonds. The van der Waals surface area contributed by atoms with Gasteiger partial charge in [-0.1, -0.05) is 11.2 Å². The van der Waals surface area contributed by atoms with Crippen LogP contribution in [0.1, 0.15) is 6.92 Å². The van der Waals surface area contributed by atoms with Gasteiger partial charge in [0.25, 0.3) is 0 Å². The summed E-state index contributed by atoms with van der Waals surface area (Å²) in [4.78, 5) is 3.71. The summed E-state index contributed by atoms with van der Waals surface area (Å²) in [5, 5.41) is 5.50. The smallest absolute Gasteiger partial charge is 0.208 e. The lowest BCUT2D eigenvalue weighted by molar-refractivity contribution is -0.617. The van der Waals surface area contributed by atoms with Crippen LogP contribution in [0, 0.1) is 0 Å². The van der Waals surface area contributed by atoms with Crippen molar-refractivity contribution in [1.82, 2.24) is 5.01 Å². The molecule has 6 heteroatoms. The number of aliphatic imine (C=N–C) groups is 1. The lowest BCUT2D eigenvalue weighted by Crippen LogP contribution is -2.71. The summed E-state index contributed by atoms with van der Waals surface area (Å²) in [6.45, 7) is 2.28. The van der Waals surface area contributed by atoms with E-state index in [0.717, 1.165) is 0 Å². The average Bonchev–Trinajstić information content (AvgIpc) is 2.63. The SMILES string of the molecule is CC1(N2C=N[NH2+][N-]2)C=CC(F)=NC1. The Balaban J connectivity index is 2.14. The van der Waals surface area contributed by atoms with E-state index in [1.165, 1.54) is 11.6 Å². The minimum atomic E-state index is -0.433. The Labute approximate surface area is 75.0 Å². The van der Waals surface area contributed by atoms with Crippen LogP contribution in [0.25, 0.3) is 5.53 Å². The summed E-state index contributed by atoms with van der Waals surface area (Å²) in [5.74, 6) is -0.433. The highest BCUT2D eigenvalue weighted by molar-refractivity contribution is 5.87. The van der Waals surface area contributed by atoms with Gasteiger partial charge in [0.15, 0.2) is 0 Å². The molecular weight excluding hydrogens is 173 g/mol. The fraction of sp³-hybridized carbons (Fsp3) is 0.429. The van der Waals surface area contributed by atoms with E-state index >= 15 is 0 Å². The maximum absolute atomic E-state index is 12.6. The zero-order chi connectivity index (χ0) is 9.31. The van der Waals surface area contributed by atoms with E-state index in [4.69, 9.17) is 0 Å². The van der Waals surface area contributed by atoms with Crippen molar-refractivity contribution in [3.8, 4) is 0 Å². The van der Waals surface area contributed by atoms with Crippen LogP contribution in [0.4, 0.5) is 4.39 Å². The third kappa shape index (κ3) is 1.45. The lowest BCUT2D eigenvalue weighted by atomic mass is 10.00. The first-order valence-corrected chi connectivity index (χ1v) is 3.95. The van der Waals surface area contributed by atoms with Crippen molar-refractivity contribution < 1.29 is 9.93 Å². The van der Waals surface area contributed by atoms with Crippen molar-refractivity contribution >= 4 is 12.3 Å². The van der Waals surface area contributed by atoms with Gasteiger partial charge in [-0.25, -0.2) is 0 Å². The Morgan fingerprint density at radius 2 is 2.62 bits per heavy atom. The van der Waals surface area contributed by atoms with Gasteiger partial charge in [0.2, 0.25) is 5.97 Å². The second-order valence-electron chi connectivity index (χ2n) is 3.17. The van der Waals surface area contributed by atoms with Crippen LogP contribution in [0.5, 0.6) is 0 Å². The molecule has 0 spiro atoms. The van der Waals surface area contributed by atoms with Crippen molar-refractivity contribution in [2.45, 2.75) is 12.5 Å². The number of allylic oxidation sites excluding steroid dienone is 1. The largest absolute Gasteiger partial charge is 0.400 e. The number of nitrogens with zero attached hydrogens (tertiary/aromatic N) is 4. The molecule has 5 nitrogen and oxygen atoms in total. The van der Waals surface area contributed by atoms with E-state index in [9.17, 15) is 4.39 Å². The number of dihydropyridines is 1. The second-order valence-corrected chi connectivity index (χ2v) is 3.17. The predicted octanol–water partition coefficient (Wildman–Crippen LogP) is -0.291. The van der Waals surface area contributed by atoms with Gasteiger partial charge >= 0.3 is 0 Å². The third-order valence-corrected chi connectivity index (χ3v) is 2.07. The van der Waals surface area contributed by atoms with Gasteiger partial charge in [-0.05, 0) is 13.0 Å². The maximum atomic E-state index is 12.6. The topological polar surface area (TPSA) is 58.7 Å². The maximum Gasteiger partial charge on any atom is 0.208 e. The van der Waals surface area contributed by atoms with Gasteiger partial charge in [-0.2, -0.15) is 4.39 Å². The molecule has 0 saturated heterocycles. The van der Waals surface area contributed by atoms with Crippen molar-refractivity contribution in [1.29, 1.82) is 0 Å². The first-order valence-electron chi connectivity index (χ1n) is 3.95. The molecule has 0 aromatic heterocycles. The molecule has 0 fully saturated rings. The number of rotatable bonds is 1. The molecule has 1 atom stereocenters. The first kappa shape index (κ1) is 8.33. The van der Waals surface area contributed by atoms with E-state index in [1.54, 1.807) is 17.4 Å². The highest BCUT2D eigenvalue weighted by atomic mass is 19.1. The van der Waals surface area contributed by atoms with E-state index < -0.39 is 5.97 Å². The van der Waals surface area contributed by atoms with E-state index in [-0.39, 0.29) is 5.54 Å². The second kappa shape index (κ2) is 2.90. The molecule has 2 rings (SSSR count). The Bertz CT molecular complexity index is 297. The summed E-state index contributed by atoms with van der Waals surface area (Å²) in [5.41, 5.74) is 5.07. The normalized spacial score (nSPS) is 32.5. The first-order chi connectivity index (χ1) is 6.21. The van der Waals surface area contributed by atoms with Crippen LogP contribution in [-0.2, 0) is 0 Å². The molecule has 0 aromatic rings. The van der Waals surface area contributed by atoms with Gasteiger partial charge in [0, 0.05) is 0 Å². The molecule has 70 valence electrons. The van der Waals surface area contributed by atoms with Gasteiger partial charge in [0.05, 0.1) is 12.1 Å². The number of halogens is 1. The highest BCUT2D eigenvalue weighted by Gasteiger charge is 2.27. The summed E-state index contributed by atoms with van der Waals surface area (Å²) in [6.07, 6.45) is 4.69. The summed E-state index contributed by atoms with van der Waals surface area (Å²) < 4.78 is 12.6. The molecular formula is C7H10FN5. The van der Waals surface area contributed by atoms with Crippen molar-refractivity contribution in [2.24, 2.45) is 10.1 Å². The Kier molecular flexibility index (Phi) is 1.86. The fourth-order valence-corrected chi connectivity index (χ4v) is 1.21. The number of hydrogen-bond acceptors (Lipinski definition) is 3. The van der Waals surface area contributed by atoms with Gasteiger partial charge in [0.1, 0.15) is 6.34 Å². The van der Waals surface area contributed by atoms with Crippen molar-refractivity contribution in [2.75, 3.05) is 6.54 Å². The minimum absolute atomic E-state index is 0.360. The lowest BCUT2D eigenvalue weighted by Gasteiger charge is -2.40. The Morgan fingerprint density at radius 3 is 3.15 bits per heavy atom. The van der Waals surface area contributed by atoms with Gasteiger partial charge in [-0.15, -0.1) is 0 Å². The molecule has 0 aromatic carbocycles. The Morgan fingerprint density at radius 1 is 1.77 bits per heavy atom. The fourth-order valence-electron chi connectivity index (χ4n) is 1.21. The molecule has 2 N–H and O–H groups in total. The standard InChI is InChI=1S/C7H10FN5/c1-7(13-5-10-11-12-13)3-2-6(8)9-4-7/h2-3,5H,4,11H2,1H3. The molecule has 2 aliphatic heterocycles. The monoisotopic (exact) mass is 183 g/mol. The predicted molar refractivity (Wildman–Crippen MR) is 46.6 cm³/mol. The molecule has 2 aliphatic rings. The highest BCUT2D eigenvalue weighted by Crippen LogP contribution is 2.21. The Hall–Kier alpha value is -1.27. The zero-order valence-electron chi connectivity index (χ0n) is 7.18. The van der Waals surface area contributed by atoms with Crippen LogP contribution in [0.15, 0.2) is 22.2 Å². The third-order valence-electron chi connectivity index (χ3n) is 2.07. The zero-order valence-corrected chi connectivity index (χ0v) is 7.18. The van der Waals surface area contributed by atoms with Gasteiger partial charge in [-0.3, -0.25) is 10.5 Å². The van der Waals surface area contributed by atoms with Crippen LogP contribution < -0.4 is 5.53 Å². The number of hydrogen-bond donors (Lipinski definition) is 1. The summed E-state index contributed by atoms with van der Waals surface area (Å²) >= 11 is 0. The quantitative estimate of drug-likeness (QED) is 0.558. The van der Waals surface area contributed by atoms with Crippen LogP contribution >= 0.6 is 0 Å². The van der Waals surface area contributed by atoms with E-state index in [1.807, 2.05) is 6.92 Å². The summed E-state index contributed by atoms with van der Waals surface area (Å²) in [6, 6.07) is 0. The molecule has 2 heterocycles. The van der Waals surface area contributed by atoms with Gasteiger partial charge < -0.3 is 10.5 Å². The number of quaternary nitrogens is 1. The van der Waals surface area contributed by atoms with Crippen LogP contribution in [0.2, 0.25) is 0 Å². The van der Waals surface area contributed by atoms with Crippen molar-refractivity contribution in [3.63, 3.8) is 0 Å². The van der Waals surface area contributed by atoms with E-state index in [0.29, 0.717) is 6.54 Å². The molecule has 0 radical (unpaired) electrons. The molecule has 0 saturated carbocycles. The van der Waals surface area contributed by atoms with Crippen LogP contribution in [-0.4, -0.2) is 29.4 Å². The van der Waals surface area contributed by atoms with Crippen LogP contribution in [0.3, 0.4) is 0 Å². The molecule has 13 heavy (non-hydrogen) atoms. The molecule has 0 aliphatic carbocycles. The van der Waals surface area contributed by atoms with Crippen molar-refractivity contribution in [3.05, 3.63) is 17.7 Å². The number of nitrogens with two attached hydrogens (primary N) is 1.